The summed E-state index contributed by atoms with van der Waals surface area (Å²) in [6.45, 7) is 0. The Hall–Kier alpha value is -2.41. The molecule has 3 aromatic rings. The minimum absolute atomic E-state index is 0.0816. The number of nitrogens with one attached hydrogen (secondary N) is 1. The third kappa shape index (κ3) is 2.77. The van der Waals surface area contributed by atoms with E-state index in [9.17, 15) is 4.79 Å². The van der Waals surface area contributed by atoms with Crippen molar-refractivity contribution >= 4 is 29.1 Å². The highest BCUT2D eigenvalue weighted by Gasteiger charge is 2.09. The summed E-state index contributed by atoms with van der Waals surface area (Å²) in [5, 5.41) is 11.4. The number of thioether (sulfide) groups is 1. The van der Waals surface area contributed by atoms with E-state index in [-0.39, 0.29) is 11.7 Å². The largest absolute Gasteiger partial charge is 0.325 e. The maximum Gasteiger partial charge on any atom is 0.255 e. The monoisotopic (exact) mass is 285 g/mol. The molecule has 20 heavy (non-hydrogen) atoms. The molecule has 3 rings (SSSR count). The molecular weight excluding hydrogens is 274 g/mol. The molecule has 0 saturated carbocycles. The van der Waals surface area contributed by atoms with Crippen LogP contribution in [0.2, 0.25) is 0 Å². The van der Waals surface area contributed by atoms with E-state index in [0.717, 1.165) is 5.69 Å². The molecule has 0 spiro atoms. The number of fused-ring (bicyclic) bond motifs is 1. The van der Waals surface area contributed by atoms with Crippen molar-refractivity contribution in [2.24, 2.45) is 0 Å². The summed E-state index contributed by atoms with van der Waals surface area (Å²) in [6, 6.07) is 11.1. The molecule has 6 nitrogen and oxygen atoms in total. The van der Waals surface area contributed by atoms with Gasteiger partial charge in [-0.05, 0) is 18.2 Å². The van der Waals surface area contributed by atoms with Gasteiger partial charge in [0.2, 0.25) is 5.91 Å². The van der Waals surface area contributed by atoms with Crippen molar-refractivity contribution in [3.8, 4) is 0 Å². The second kappa shape index (κ2) is 5.70. The lowest BCUT2D eigenvalue weighted by Gasteiger charge is -2.03. The Kier molecular flexibility index (Phi) is 3.60. The number of aromatic nitrogens is 4. The molecule has 0 fully saturated rings. The number of carbonyl (C=O) groups excluding carboxylic acids is 1. The first kappa shape index (κ1) is 12.6. The third-order valence-electron chi connectivity index (χ3n) is 2.55. The van der Waals surface area contributed by atoms with Crippen molar-refractivity contribution in [3.05, 3.63) is 48.8 Å². The molecule has 0 aliphatic heterocycles. The molecule has 0 aliphatic rings. The molecule has 0 unspecified atom stereocenters. The van der Waals surface area contributed by atoms with Crippen LogP contribution < -0.4 is 5.32 Å². The lowest BCUT2D eigenvalue weighted by molar-refractivity contribution is -0.113. The maximum absolute atomic E-state index is 11.8. The quantitative estimate of drug-likeness (QED) is 0.741. The van der Waals surface area contributed by atoms with Crippen LogP contribution in [0.1, 0.15) is 0 Å². The van der Waals surface area contributed by atoms with Gasteiger partial charge in [0.1, 0.15) is 0 Å². The first-order valence-electron chi connectivity index (χ1n) is 5.96. The van der Waals surface area contributed by atoms with E-state index >= 15 is 0 Å². The molecule has 0 bridgehead atoms. The molecule has 0 atom stereocenters. The van der Waals surface area contributed by atoms with Crippen molar-refractivity contribution in [1.82, 2.24) is 19.6 Å². The van der Waals surface area contributed by atoms with Crippen LogP contribution in [-0.2, 0) is 4.79 Å². The van der Waals surface area contributed by atoms with Crippen LogP contribution in [0.25, 0.3) is 5.78 Å². The van der Waals surface area contributed by atoms with Gasteiger partial charge in [-0.15, -0.1) is 10.2 Å². The molecular formula is C13H11N5OS. The average molecular weight is 285 g/mol. The molecule has 2 heterocycles. The summed E-state index contributed by atoms with van der Waals surface area (Å²) >= 11 is 1.32. The fourth-order valence-electron chi connectivity index (χ4n) is 1.67. The van der Waals surface area contributed by atoms with E-state index in [2.05, 4.69) is 20.5 Å². The van der Waals surface area contributed by atoms with E-state index in [4.69, 9.17) is 0 Å². The molecule has 0 aliphatic carbocycles. The van der Waals surface area contributed by atoms with Crippen LogP contribution in [0.3, 0.4) is 0 Å². The molecule has 1 N–H and O–H groups in total. The van der Waals surface area contributed by atoms with Gasteiger partial charge >= 0.3 is 0 Å². The first-order valence-corrected chi connectivity index (χ1v) is 6.95. The van der Waals surface area contributed by atoms with Crippen molar-refractivity contribution < 1.29 is 4.79 Å². The number of para-hydroxylation sites is 1. The molecule has 1 amide bonds. The SMILES string of the molecule is O=C(CSc1nnc2ncccn12)Nc1ccccc1. The maximum atomic E-state index is 11.8. The van der Waals surface area contributed by atoms with Crippen molar-refractivity contribution in [3.63, 3.8) is 0 Å². The zero-order chi connectivity index (χ0) is 13.8. The van der Waals surface area contributed by atoms with Gasteiger partial charge < -0.3 is 5.32 Å². The Morgan fingerprint density at radius 3 is 2.90 bits per heavy atom. The van der Waals surface area contributed by atoms with E-state index in [0.29, 0.717) is 10.9 Å². The third-order valence-corrected chi connectivity index (χ3v) is 3.49. The smallest absolute Gasteiger partial charge is 0.255 e. The number of anilines is 1. The summed E-state index contributed by atoms with van der Waals surface area (Å²) in [5.41, 5.74) is 0.783. The lowest BCUT2D eigenvalue weighted by atomic mass is 10.3. The van der Waals surface area contributed by atoms with Crippen LogP contribution in [0.15, 0.2) is 53.9 Å². The second-order valence-electron chi connectivity index (χ2n) is 3.98. The van der Waals surface area contributed by atoms with Gasteiger partial charge in [0.25, 0.3) is 5.78 Å². The van der Waals surface area contributed by atoms with Crippen LogP contribution in [0, 0.1) is 0 Å². The minimum atomic E-state index is -0.0816. The topological polar surface area (TPSA) is 72.2 Å². The lowest BCUT2D eigenvalue weighted by Crippen LogP contribution is -2.14. The summed E-state index contributed by atoms with van der Waals surface area (Å²) in [4.78, 5) is 15.9. The Labute approximate surface area is 119 Å². The van der Waals surface area contributed by atoms with Gasteiger partial charge in [-0.3, -0.25) is 9.20 Å². The van der Waals surface area contributed by atoms with E-state index in [1.165, 1.54) is 11.8 Å². The minimum Gasteiger partial charge on any atom is -0.325 e. The Morgan fingerprint density at radius 1 is 1.20 bits per heavy atom. The zero-order valence-electron chi connectivity index (χ0n) is 10.4. The summed E-state index contributed by atoms with van der Waals surface area (Å²) in [7, 11) is 0. The number of hydrogen-bond donors (Lipinski definition) is 1. The van der Waals surface area contributed by atoms with Gasteiger partial charge in [0, 0.05) is 18.1 Å². The highest BCUT2D eigenvalue weighted by atomic mass is 32.2. The predicted molar refractivity (Wildman–Crippen MR) is 76.6 cm³/mol. The number of rotatable bonds is 4. The fourth-order valence-corrected chi connectivity index (χ4v) is 2.38. The number of nitrogens with zero attached hydrogens (tertiary/aromatic N) is 4. The van der Waals surface area contributed by atoms with E-state index in [1.807, 2.05) is 36.5 Å². The van der Waals surface area contributed by atoms with Crippen molar-refractivity contribution in [1.29, 1.82) is 0 Å². The van der Waals surface area contributed by atoms with Crippen LogP contribution in [0.5, 0.6) is 0 Å². The van der Waals surface area contributed by atoms with Gasteiger partial charge in [0.05, 0.1) is 5.75 Å². The predicted octanol–water partition coefficient (Wildman–Crippen LogP) is 1.86. The van der Waals surface area contributed by atoms with Crippen LogP contribution >= 0.6 is 11.8 Å². The Bertz CT molecular complexity index is 728. The molecule has 0 radical (unpaired) electrons. The van der Waals surface area contributed by atoms with Gasteiger partial charge in [-0.2, -0.15) is 0 Å². The summed E-state index contributed by atoms with van der Waals surface area (Å²) in [6.07, 6.45) is 3.47. The molecule has 7 heteroatoms. The number of carbonyl (C=O) groups is 1. The van der Waals surface area contributed by atoms with Crippen molar-refractivity contribution in [2.45, 2.75) is 5.16 Å². The molecule has 0 saturated heterocycles. The number of benzene rings is 1. The first-order chi connectivity index (χ1) is 9.83. The zero-order valence-corrected chi connectivity index (χ0v) is 11.2. The number of hydrogen-bond acceptors (Lipinski definition) is 5. The highest BCUT2D eigenvalue weighted by molar-refractivity contribution is 7.99. The van der Waals surface area contributed by atoms with Gasteiger partial charge in [0.15, 0.2) is 5.16 Å². The molecule has 100 valence electrons. The summed E-state index contributed by atoms with van der Waals surface area (Å²) in [5.74, 6) is 0.713. The Balaban J connectivity index is 1.63. The normalized spacial score (nSPS) is 10.6. The highest BCUT2D eigenvalue weighted by Crippen LogP contribution is 2.16. The van der Waals surface area contributed by atoms with Crippen LogP contribution in [0.4, 0.5) is 5.69 Å². The number of amides is 1. The standard InChI is InChI=1S/C13H11N5OS/c19-11(15-10-5-2-1-3-6-10)9-20-13-17-16-12-14-7-4-8-18(12)13/h1-8H,9H2,(H,15,19). The van der Waals surface area contributed by atoms with Crippen molar-refractivity contribution in [2.75, 3.05) is 11.1 Å². The van der Waals surface area contributed by atoms with E-state index in [1.54, 1.807) is 16.7 Å². The molecule has 1 aromatic carbocycles. The fraction of sp³-hybridized carbons (Fsp3) is 0.0769. The Morgan fingerprint density at radius 2 is 2.05 bits per heavy atom. The van der Waals surface area contributed by atoms with E-state index < -0.39 is 0 Å². The van der Waals surface area contributed by atoms with Gasteiger partial charge in [-0.25, -0.2) is 4.98 Å². The van der Waals surface area contributed by atoms with Crippen LogP contribution in [-0.4, -0.2) is 31.2 Å². The summed E-state index contributed by atoms with van der Waals surface area (Å²) < 4.78 is 1.75. The molecule has 2 aromatic heterocycles. The average Bonchev–Trinajstić information content (AvgIpc) is 2.89. The van der Waals surface area contributed by atoms with Gasteiger partial charge in [-0.1, -0.05) is 30.0 Å². The second-order valence-corrected chi connectivity index (χ2v) is 4.92.